The van der Waals surface area contributed by atoms with E-state index in [1.54, 1.807) is 6.92 Å². The molecule has 8 nitrogen and oxygen atoms in total. The maximum atomic E-state index is 12.3. The predicted octanol–water partition coefficient (Wildman–Crippen LogP) is 0.523. The minimum atomic E-state index is -1.22. The highest BCUT2D eigenvalue weighted by Crippen LogP contribution is 2.20. The summed E-state index contributed by atoms with van der Waals surface area (Å²) in [5, 5.41) is 8.97. The fourth-order valence-electron chi connectivity index (χ4n) is 2.35. The second-order valence-corrected chi connectivity index (χ2v) is 4.75. The number of nitrogens with one attached hydrogen (secondary N) is 1. The van der Waals surface area contributed by atoms with Crippen molar-refractivity contribution in [2.45, 2.75) is 19.8 Å². The summed E-state index contributed by atoms with van der Waals surface area (Å²) in [5.41, 5.74) is -0.315. The highest BCUT2D eigenvalue weighted by molar-refractivity contribution is 6.02. The Morgan fingerprint density at radius 1 is 1.43 bits per heavy atom. The topological polar surface area (TPSA) is 113 Å². The third-order valence-corrected chi connectivity index (χ3v) is 3.46. The number of carboxylic acids is 1. The predicted molar refractivity (Wildman–Crippen MR) is 70.8 cm³/mol. The van der Waals surface area contributed by atoms with Crippen molar-refractivity contribution in [3.8, 4) is 0 Å². The zero-order valence-electron chi connectivity index (χ0n) is 11.7. The third-order valence-electron chi connectivity index (χ3n) is 3.46. The van der Waals surface area contributed by atoms with E-state index in [-0.39, 0.29) is 23.3 Å². The van der Waals surface area contributed by atoms with E-state index in [0.717, 1.165) is 0 Å². The minimum Gasteiger partial charge on any atom is -0.477 e. The number of rotatable bonds is 4. The smallest absolute Gasteiger partial charge is 0.354 e. The van der Waals surface area contributed by atoms with Crippen molar-refractivity contribution in [3.05, 3.63) is 17.7 Å². The van der Waals surface area contributed by atoms with Gasteiger partial charge in [-0.25, -0.2) is 9.78 Å². The van der Waals surface area contributed by atoms with Crippen LogP contribution >= 0.6 is 0 Å². The number of hydrogen-bond acceptors (Lipinski definition) is 5. The minimum absolute atomic E-state index is 0.0999. The van der Waals surface area contributed by atoms with Gasteiger partial charge in [0.25, 0.3) is 5.91 Å². The molecule has 1 amide bonds. The lowest BCUT2D eigenvalue weighted by atomic mass is 9.97. The van der Waals surface area contributed by atoms with Crippen molar-refractivity contribution in [1.82, 2.24) is 14.9 Å². The molecule has 0 saturated carbocycles. The average molecular weight is 295 g/mol. The zero-order valence-corrected chi connectivity index (χ0v) is 11.7. The fourth-order valence-corrected chi connectivity index (χ4v) is 2.35. The Hall–Kier alpha value is -2.38. The number of aromatic amines is 1. The van der Waals surface area contributed by atoms with E-state index in [1.165, 1.54) is 11.2 Å². The van der Waals surface area contributed by atoms with Crippen LogP contribution in [0.4, 0.5) is 0 Å². The normalized spacial score (nSPS) is 15.8. The van der Waals surface area contributed by atoms with Gasteiger partial charge in [0.15, 0.2) is 11.4 Å². The van der Waals surface area contributed by atoms with Gasteiger partial charge in [0.1, 0.15) is 0 Å². The molecule has 2 rings (SSSR count). The van der Waals surface area contributed by atoms with Gasteiger partial charge in [0, 0.05) is 13.1 Å². The summed E-state index contributed by atoms with van der Waals surface area (Å²) >= 11 is 0. The summed E-state index contributed by atoms with van der Waals surface area (Å²) in [4.78, 5) is 42.6. The zero-order chi connectivity index (χ0) is 15.4. The van der Waals surface area contributed by atoms with E-state index in [2.05, 4.69) is 9.97 Å². The van der Waals surface area contributed by atoms with Crippen molar-refractivity contribution in [1.29, 1.82) is 0 Å². The summed E-state index contributed by atoms with van der Waals surface area (Å²) in [6.45, 7) is 2.86. The molecule has 0 aliphatic carbocycles. The number of esters is 1. The number of carbonyl (C=O) groups is 3. The Morgan fingerprint density at radius 3 is 2.67 bits per heavy atom. The van der Waals surface area contributed by atoms with Crippen LogP contribution in [0.2, 0.25) is 0 Å². The Kier molecular flexibility index (Phi) is 4.56. The van der Waals surface area contributed by atoms with E-state index >= 15 is 0 Å². The molecule has 2 heterocycles. The van der Waals surface area contributed by atoms with Gasteiger partial charge in [-0.2, -0.15) is 0 Å². The van der Waals surface area contributed by atoms with Crippen molar-refractivity contribution < 1.29 is 24.2 Å². The van der Waals surface area contributed by atoms with Crippen LogP contribution in [-0.4, -0.2) is 57.5 Å². The quantitative estimate of drug-likeness (QED) is 0.783. The van der Waals surface area contributed by atoms with E-state index in [0.29, 0.717) is 32.5 Å². The van der Waals surface area contributed by atoms with Gasteiger partial charge in [-0.05, 0) is 19.8 Å². The molecule has 8 heteroatoms. The molecular weight excluding hydrogens is 278 g/mol. The van der Waals surface area contributed by atoms with Gasteiger partial charge in [-0.15, -0.1) is 0 Å². The monoisotopic (exact) mass is 295 g/mol. The van der Waals surface area contributed by atoms with Gasteiger partial charge in [-0.1, -0.05) is 0 Å². The van der Waals surface area contributed by atoms with E-state index < -0.39 is 11.9 Å². The van der Waals surface area contributed by atoms with Crippen LogP contribution in [0.25, 0.3) is 0 Å². The number of likely N-dealkylation sites (tertiary alicyclic amines) is 1. The lowest BCUT2D eigenvalue weighted by molar-refractivity contribution is -0.149. The number of piperidine rings is 1. The lowest BCUT2D eigenvalue weighted by Crippen LogP contribution is -2.41. The van der Waals surface area contributed by atoms with E-state index in [9.17, 15) is 14.4 Å². The van der Waals surface area contributed by atoms with E-state index in [1.807, 2.05) is 0 Å². The second kappa shape index (κ2) is 6.38. The molecule has 1 aliphatic heterocycles. The summed E-state index contributed by atoms with van der Waals surface area (Å²) in [6, 6.07) is 0. The summed E-state index contributed by atoms with van der Waals surface area (Å²) in [6.07, 6.45) is 2.21. The number of nitrogens with zero attached hydrogens (tertiary/aromatic N) is 2. The number of carboxylic acid groups (broad SMARTS) is 1. The van der Waals surface area contributed by atoms with Crippen LogP contribution in [-0.2, 0) is 9.53 Å². The first kappa shape index (κ1) is 15.0. The highest BCUT2D eigenvalue weighted by atomic mass is 16.5. The first-order valence-electron chi connectivity index (χ1n) is 6.77. The third kappa shape index (κ3) is 3.21. The number of imidazole rings is 1. The highest BCUT2D eigenvalue weighted by Gasteiger charge is 2.31. The second-order valence-electron chi connectivity index (χ2n) is 4.75. The lowest BCUT2D eigenvalue weighted by Gasteiger charge is -2.30. The summed E-state index contributed by atoms with van der Waals surface area (Å²) in [7, 11) is 0. The summed E-state index contributed by atoms with van der Waals surface area (Å²) in [5.74, 6) is -2.10. The maximum absolute atomic E-state index is 12.3. The van der Waals surface area contributed by atoms with Gasteiger partial charge in [0.05, 0.1) is 18.9 Å². The largest absolute Gasteiger partial charge is 0.477 e. The molecule has 0 atom stereocenters. The molecule has 0 radical (unpaired) electrons. The van der Waals surface area contributed by atoms with Crippen molar-refractivity contribution in [2.24, 2.45) is 5.92 Å². The first-order valence-corrected chi connectivity index (χ1v) is 6.77. The molecule has 1 aliphatic rings. The maximum Gasteiger partial charge on any atom is 0.354 e. The van der Waals surface area contributed by atoms with Gasteiger partial charge < -0.3 is 19.7 Å². The number of H-pyrrole nitrogens is 1. The number of hydrogen-bond donors (Lipinski definition) is 2. The van der Waals surface area contributed by atoms with Crippen molar-refractivity contribution in [3.63, 3.8) is 0 Å². The Bertz CT molecular complexity index is 546. The number of aromatic nitrogens is 2. The number of ether oxygens (including phenoxy) is 1. The summed E-state index contributed by atoms with van der Waals surface area (Å²) < 4.78 is 4.96. The molecule has 1 saturated heterocycles. The molecule has 0 aromatic carbocycles. The van der Waals surface area contributed by atoms with Crippen LogP contribution < -0.4 is 0 Å². The molecule has 1 aromatic rings. The van der Waals surface area contributed by atoms with Gasteiger partial charge in [-0.3, -0.25) is 9.59 Å². The van der Waals surface area contributed by atoms with Crippen molar-refractivity contribution in [2.75, 3.05) is 19.7 Å². The van der Waals surface area contributed by atoms with E-state index in [4.69, 9.17) is 9.84 Å². The van der Waals surface area contributed by atoms with Crippen LogP contribution in [0.15, 0.2) is 6.33 Å². The Balaban J connectivity index is 1.99. The molecule has 0 bridgehead atoms. The molecule has 1 fully saturated rings. The van der Waals surface area contributed by atoms with Crippen LogP contribution in [0.3, 0.4) is 0 Å². The standard InChI is InChI=1S/C13H17N3O5/c1-2-21-13(20)8-3-5-16(6-4-8)11(17)9-10(12(18)19)15-7-14-9/h7-8H,2-6H2,1H3,(H,14,15)(H,18,19). The van der Waals surface area contributed by atoms with Gasteiger partial charge >= 0.3 is 11.9 Å². The van der Waals surface area contributed by atoms with Crippen LogP contribution in [0.1, 0.15) is 40.7 Å². The fraction of sp³-hybridized carbons (Fsp3) is 0.538. The average Bonchev–Trinajstić information content (AvgIpc) is 2.96. The Labute approximate surface area is 121 Å². The van der Waals surface area contributed by atoms with Crippen LogP contribution in [0, 0.1) is 5.92 Å². The molecule has 1 aromatic heterocycles. The molecular formula is C13H17N3O5. The molecule has 114 valence electrons. The molecule has 21 heavy (non-hydrogen) atoms. The molecule has 0 spiro atoms. The Morgan fingerprint density at radius 2 is 2.10 bits per heavy atom. The van der Waals surface area contributed by atoms with Crippen LogP contribution in [0.5, 0.6) is 0 Å². The number of carbonyl (C=O) groups excluding carboxylic acids is 2. The molecule has 2 N–H and O–H groups in total. The number of amides is 1. The SMILES string of the molecule is CCOC(=O)C1CCN(C(=O)c2nc[nH]c2C(=O)O)CC1. The van der Waals surface area contributed by atoms with Gasteiger partial charge in [0.2, 0.25) is 0 Å². The first-order chi connectivity index (χ1) is 10.0. The van der Waals surface area contributed by atoms with Crippen molar-refractivity contribution >= 4 is 17.8 Å². The molecule has 0 unspecified atom stereocenters. The number of aromatic carboxylic acids is 1.